The molecule has 0 aliphatic rings. The van der Waals surface area contributed by atoms with E-state index < -0.39 is 16.8 Å². The molecule has 0 aromatic carbocycles. The number of rotatable bonds is 8. The standard InChI is InChI=1S/C15H16N8O5/c1-10-5-12(18-14(25)7-21-9-17-15(20-21)23(26)27)19-22(10)8-13(24)16-6-11-3-2-4-28-11/h2-5,9H,6-8H2,1H3,(H,16,24)(H,18,19,25). The van der Waals surface area contributed by atoms with E-state index in [0.29, 0.717) is 11.5 Å². The van der Waals surface area contributed by atoms with Gasteiger partial charge in [0, 0.05) is 16.9 Å². The lowest BCUT2D eigenvalue weighted by Crippen LogP contribution is -2.27. The van der Waals surface area contributed by atoms with Crippen molar-refractivity contribution in [2.75, 3.05) is 5.32 Å². The van der Waals surface area contributed by atoms with Crippen LogP contribution in [0.3, 0.4) is 0 Å². The molecule has 0 atom stereocenters. The van der Waals surface area contributed by atoms with Crippen molar-refractivity contribution in [1.82, 2.24) is 29.9 Å². The minimum Gasteiger partial charge on any atom is -0.467 e. The Bertz CT molecular complexity index is 990. The molecule has 0 spiro atoms. The van der Waals surface area contributed by atoms with E-state index in [1.165, 1.54) is 10.9 Å². The van der Waals surface area contributed by atoms with Gasteiger partial charge in [0.05, 0.1) is 12.8 Å². The van der Waals surface area contributed by atoms with Gasteiger partial charge in [0.1, 0.15) is 18.8 Å². The van der Waals surface area contributed by atoms with Crippen LogP contribution in [0.2, 0.25) is 0 Å². The van der Waals surface area contributed by atoms with Crippen molar-refractivity contribution < 1.29 is 18.9 Å². The number of nitrogens with one attached hydrogen (secondary N) is 2. The van der Waals surface area contributed by atoms with E-state index in [9.17, 15) is 19.7 Å². The van der Waals surface area contributed by atoms with Crippen molar-refractivity contribution in [3.05, 3.63) is 52.4 Å². The monoisotopic (exact) mass is 388 g/mol. The lowest BCUT2D eigenvalue weighted by atomic mass is 10.4. The predicted octanol–water partition coefficient (Wildman–Crippen LogP) is 0.239. The van der Waals surface area contributed by atoms with Gasteiger partial charge in [-0.2, -0.15) is 9.78 Å². The molecule has 3 aromatic heterocycles. The highest BCUT2D eigenvalue weighted by molar-refractivity contribution is 5.89. The van der Waals surface area contributed by atoms with Crippen molar-refractivity contribution >= 4 is 23.6 Å². The van der Waals surface area contributed by atoms with E-state index in [-0.39, 0.29) is 31.4 Å². The first-order valence-electron chi connectivity index (χ1n) is 8.08. The highest BCUT2D eigenvalue weighted by atomic mass is 16.6. The number of aryl methyl sites for hydroxylation is 1. The number of amides is 2. The van der Waals surface area contributed by atoms with Crippen molar-refractivity contribution in [2.24, 2.45) is 0 Å². The van der Waals surface area contributed by atoms with Crippen LogP contribution in [0.5, 0.6) is 0 Å². The largest absolute Gasteiger partial charge is 0.490 e. The Morgan fingerprint density at radius 2 is 2.11 bits per heavy atom. The normalized spacial score (nSPS) is 10.6. The first kappa shape index (κ1) is 18.8. The van der Waals surface area contributed by atoms with E-state index in [2.05, 4.69) is 25.8 Å². The quantitative estimate of drug-likeness (QED) is 0.409. The van der Waals surface area contributed by atoms with Gasteiger partial charge in [-0.25, -0.2) is 0 Å². The topological polar surface area (TPSA) is 163 Å². The zero-order valence-corrected chi connectivity index (χ0v) is 14.7. The van der Waals surface area contributed by atoms with Crippen LogP contribution >= 0.6 is 0 Å². The van der Waals surface area contributed by atoms with Crippen LogP contribution in [0.25, 0.3) is 0 Å². The fourth-order valence-corrected chi connectivity index (χ4v) is 2.30. The van der Waals surface area contributed by atoms with Crippen LogP contribution in [0, 0.1) is 17.0 Å². The average molecular weight is 388 g/mol. The predicted molar refractivity (Wildman–Crippen MR) is 92.8 cm³/mol. The summed E-state index contributed by atoms with van der Waals surface area (Å²) in [6, 6.07) is 5.07. The minimum absolute atomic E-state index is 0.0301. The van der Waals surface area contributed by atoms with Crippen LogP contribution < -0.4 is 10.6 Å². The highest BCUT2D eigenvalue weighted by Gasteiger charge is 2.16. The summed E-state index contributed by atoms with van der Waals surface area (Å²) >= 11 is 0. The molecule has 0 fully saturated rings. The molecule has 3 aromatic rings. The molecule has 3 rings (SSSR count). The summed E-state index contributed by atoms with van der Waals surface area (Å²) < 4.78 is 7.61. The van der Waals surface area contributed by atoms with E-state index in [0.717, 1.165) is 11.0 Å². The number of carbonyl (C=O) groups is 2. The van der Waals surface area contributed by atoms with Gasteiger partial charge in [-0.05, 0) is 24.0 Å². The van der Waals surface area contributed by atoms with Gasteiger partial charge >= 0.3 is 5.95 Å². The van der Waals surface area contributed by atoms with Crippen LogP contribution in [-0.4, -0.2) is 41.3 Å². The molecule has 28 heavy (non-hydrogen) atoms. The zero-order chi connectivity index (χ0) is 20.1. The molecular weight excluding hydrogens is 372 g/mol. The number of nitrogens with zero attached hydrogens (tertiary/aromatic N) is 6. The summed E-state index contributed by atoms with van der Waals surface area (Å²) in [4.78, 5) is 37.3. The molecule has 0 bridgehead atoms. The summed E-state index contributed by atoms with van der Waals surface area (Å²) in [5, 5.41) is 23.5. The minimum atomic E-state index is -0.754. The Kier molecular flexibility index (Phi) is 5.43. The average Bonchev–Trinajstić information content (AvgIpc) is 3.36. The summed E-state index contributed by atoms with van der Waals surface area (Å²) in [6.45, 7) is 1.71. The van der Waals surface area contributed by atoms with Gasteiger partial charge in [-0.3, -0.25) is 14.3 Å². The Morgan fingerprint density at radius 1 is 1.29 bits per heavy atom. The highest BCUT2D eigenvalue weighted by Crippen LogP contribution is 2.09. The molecular formula is C15H16N8O5. The maximum atomic E-state index is 12.0. The summed E-state index contributed by atoms with van der Waals surface area (Å²) in [7, 11) is 0. The van der Waals surface area contributed by atoms with Gasteiger partial charge in [0.25, 0.3) is 0 Å². The third kappa shape index (κ3) is 4.78. The smallest absolute Gasteiger partial charge is 0.467 e. The van der Waals surface area contributed by atoms with Crippen molar-refractivity contribution in [3.63, 3.8) is 0 Å². The Balaban J connectivity index is 1.53. The number of hydrogen-bond acceptors (Lipinski definition) is 8. The Hall–Kier alpha value is -4.03. The zero-order valence-electron chi connectivity index (χ0n) is 14.7. The fraction of sp³-hybridized carbons (Fsp3) is 0.267. The second kappa shape index (κ2) is 8.11. The lowest BCUT2D eigenvalue weighted by molar-refractivity contribution is -0.394. The molecule has 2 amide bonds. The van der Waals surface area contributed by atoms with Gasteiger partial charge in [0.15, 0.2) is 5.82 Å². The maximum Gasteiger partial charge on any atom is 0.490 e. The SMILES string of the molecule is Cc1cc(NC(=O)Cn2cnc([N+](=O)[O-])n2)nn1CC(=O)NCc1ccco1. The molecule has 3 heterocycles. The van der Waals surface area contributed by atoms with Crippen molar-refractivity contribution in [1.29, 1.82) is 0 Å². The summed E-state index contributed by atoms with van der Waals surface area (Å²) in [6.07, 6.45) is 2.61. The summed E-state index contributed by atoms with van der Waals surface area (Å²) in [5.74, 6) is -0.474. The van der Waals surface area contributed by atoms with Gasteiger partial charge in [0.2, 0.25) is 18.1 Å². The van der Waals surface area contributed by atoms with Crippen LogP contribution in [0.1, 0.15) is 11.5 Å². The number of anilines is 1. The molecule has 0 saturated carbocycles. The Morgan fingerprint density at radius 3 is 2.79 bits per heavy atom. The van der Waals surface area contributed by atoms with Gasteiger partial charge < -0.3 is 25.2 Å². The number of aromatic nitrogens is 5. The van der Waals surface area contributed by atoms with Crippen LogP contribution in [0.4, 0.5) is 11.8 Å². The first-order valence-corrected chi connectivity index (χ1v) is 8.08. The fourth-order valence-electron chi connectivity index (χ4n) is 2.30. The van der Waals surface area contributed by atoms with E-state index >= 15 is 0 Å². The molecule has 0 unspecified atom stereocenters. The number of hydrogen-bond donors (Lipinski definition) is 2. The molecule has 2 N–H and O–H groups in total. The third-order valence-corrected chi connectivity index (χ3v) is 3.58. The maximum absolute atomic E-state index is 12.0. The number of furan rings is 1. The number of carbonyl (C=O) groups excluding carboxylic acids is 2. The van der Waals surface area contributed by atoms with E-state index in [1.54, 1.807) is 25.1 Å². The molecule has 0 saturated heterocycles. The lowest BCUT2D eigenvalue weighted by Gasteiger charge is -2.05. The second-order valence-electron chi connectivity index (χ2n) is 5.73. The first-order chi connectivity index (χ1) is 13.4. The third-order valence-electron chi connectivity index (χ3n) is 3.58. The van der Waals surface area contributed by atoms with Crippen molar-refractivity contribution in [2.45, 2.75) is 26.6 Å². The van der Waals surface area contributed by atoms with Gasteiger partial charge in [-0.1, -0.05) is 4.98 Å². The molecule has 0 aliphatic heterocycles. The van der Waals surface area contributed by atoms with Gasteiger partial charge in [-0.15, -0.1) is 0 Å². The number of nitro groups is 1. The molecule has 13 heteroatoms. The van der Waals surface area contributed by atoms with Crippen molar-refractivity contribution in [3.8, 4) is 0 Å². The van der Waals surface area contributed by atoms with E-state index in [1.807, 2.05) is 0 Å². The molecule has 13 nitrogen and oxygen atoms in total. The molecule has 146 valence electrons. The van der Waals surface area contributed by atoms with Crippen LogP contribution in [0.15, 0.2) is 35.2 Å². The summed E-state index contributed by atoms with van der Waals surface area (Å²) in [5.41, 5.74) is 0.667. The van der Waals surface area contributed by atoms with E-state index in [4.69, 9.17) is 4.42 Å². The van der Waals surface area contributed by atoms with Crippen LogP contribution in [-0.2, 0) is 29.2 Å². The Labute approximate surface area is 157 Å². The molecule has 0 aliphatic carbocycles. The molecule has 0 radical (unpaired) electrons. The second-order valence-corrected chi connectivity index (χ2v) is 5.73.